The lowest BCUT2D eigenvalue weighted by atomic mass is 10.3. The summed E-state index contributed by atoms with van der Waals surface area (Å²) >= 11 is 0. The number of benzene rings is 1. The average molecular weight is 142 g/mol. The molecule has 0 aromatic heterocycles. The number of halogens is 2. The molecule has 1 aromatic carbocycles. The molecule has 0 atom stereocenters. The highest BCUT2D eigenvalue weighted by molar-refractivity contribution is 5.42. The SMILES string of the molecule is N#[N+]c1cccc(F)c1.[F-]. The van der Waals surface area contributed by atoms with Gasteiger partial charge in [0.25, 0.3) is 0 Å². The number of diazo groups is 1. The Labute approximate surface area is 56.3 Å². The van der Waals surface area contributed by atoms with Crippen LogP contribution in [0.4, 0.5) is 10.1 Å². The summed E-state index contributed by atoms with van der Waals surface area (Å²) in [6.45, 7) is 0. The van der Waals surface area contributed by atoms with Gasteiger partial charge in [-0.1, -0.05) is 6.07 Å². The van der Waals surface area contributed by atoms with E-state index >= 15 is 0 Å². The van der Waals surface area contributed by atoms with E-state index in [-0.39, 0.29) is 10.4 Å². The van der Waals surface area contributed by atoms with E-state index in [1.807, 2.05) is 0 Å². The van der Waals surface area contributed by atoms with Gasteiger partial charge in [0.15, 0.2) is 4.98 Å². The van der Waals surface area contributed by atoms with Gasteiger partial charge >= 0.3 is 5.69 Å². The maximum absolute atomic E-state index is 12.2. The second kappa shape index (κ2) is 3.51. The number of rotatable bonds is 0. The fraction of sp³-hybridized carbons (Fsp3) is 0. The minimum Gasteiger partial charge on any atom is -1.00 e. The first-order chi connectivity index (χ1) is 4.33. The van der Waals surface area contributed by atoms with Crippen LogP contribution >= 0.6 is 0 Å². The third-order valence-corrected chi connectivity index (χ3v) is 0.924. The van der Waals surface area contributed by atoms with Gasteiger partial charge in [-0.3, -0.25) is 0 Å². The summed E-state index contributed by atoms with van der Waals surface area (Å²) < 4.78 is 12.2. The van der Waals surface area contributed by atoms with Gasteiger partial charge in [0, 0.05) is 6.07 Å². The first-order valence-corrected chi connectivity index (χ1v) is 2.43. The van der Waals surface area contributed by atoms with Crippen molar-refractivity contribution >= 4 is 5.69 Å². The quantitative estimate of drug-likeness (QED) is 0.441. The van der Waals surface area contributed by atoms with Crippen molar-refractivity contribution in [2.24, 2.45) is 0 Å². The smallest absolute Gasteiger partial charge is 0.387 e. The second-order valence-electron chi connectivity index (χ2n) is 1.58. The van der Waals surface area contributed by atoms with Crippen molar-refractivity contribution in [2.75, 3.05) is 0 Å². The van der Waals surface area contributed by atoms with Crippen molar-refractivity contribution in [1.29, 1.82) is 5.39 Å². The predicted octanol–water partition coefficient (Wildman–Crippen LogP) is -0.686. The van der Waals surface area contributed by atoms with Gasteiger partial charge in [-0.2, -0.15) is 0 Å². The largest absolute Gasteiger partial charge is 1.00 e. The van der Waals surface area contributed by atoms with Gasteiger partial charge in [0.2, 0.25) is 5.39 Å². The summed E-state index contributed by atoms with van der Waals surface area (Å²) in [5.74, 6) is -0.398. The van der Waals surface area contributed by atoms with Gasteiger partial charge in [0.1, 0.15) is 5.82 Å². The van der Waals surface area contributed by atoms with Gasteiger partial charge in [-0.15, -0.1) is 0 Å². The van der Waals surface area contributed by atoms with Crippen LogP contribution in [-0.2, 0) is 0 Å². The molecule has 0 unspecified atom stereocenters. The van der Waals surface area contributed by atoms with Crippen molar-refractivity contribution in [1.82, 2.24) is 0 Å². The molecule has 0 saturated carbocycles. The molecular weight excluding hydrogens is 138 g/mol. The standard InChI is InChI=1S/C6H4FN2.FH/c7-5-2-1-3-6(4-5)9-8;/h1-4H;1H/q+1;/p-1. The molecule has 0 fully saturated rings. The number of hydrogen-bond donors (Lipinski definition) is 0. The third kappa shape index (κ3) is 1.78. The Bertz CT molecular complexity index is 254. The molecule has 0 bridgehead atoms. The maximum atomic E-state index is 12.2. The lowest BCUT2D eigenvalue weighted by Gasteiger charge is -1.77. The van der Waals surface area contributed by atoms with E-state index in [9.17, 15) is 4.39 Å². The molecule has 0 N–H and O–H groups in total. The molecule has 0 saturated heterocycles. The van der Waals surface area contributed by atoms with E-state index in [1.54, 1.807) is 0 Å². The third-order valence-electron chi connectivity index (χ3n) is 0.924. The fourth-order valence-corrected chi connectivity index (χ4v) is 0.538. The monoisotopic (exact) mass is 142 g/mol. The van der Waals surface area contributed by atoms with E-state index in [2.05, 4.69) is 4.98 Å². The van der Waals surface area contributed by atoms with Crippen molar-refractivity contribution in [3.05, 3.63) is 35.1 Å². The van der Waals surface area contributed by atoms with Crippen LogP contribution in [0.5, 0.6) is 0 Å². The lowest BCUT2D eigenvalue weighted by Crippen LogP contribution is -3.00. The van der Waals surface area contributed by atoms with Crippen LogP contribution in [0.25, 0.3) is 4.98 Å². The highest BCUT2D eigenvalue weighted by Gasteiger charge is 2.02. The number of hydrogen-bond acceptors (Lipinski definition) is 1. The van der Waals surface area contributed by atoms with E-state index in [4.69, 9.17) is 5.39 Å². The molecule has 0 heterocycles. The van der Waals surface area contributed by atoms with Crippen molar-refractivity contribution in [2.45, 2.75) is 0 Å². The van der Waals surface area contributed by atoms with Gasteiger partial charge in [-0.25, -0.2) is 4.39 Å². The molecule has 0 amide bonds. The zero-order chi connectivity index (χ0) is 6.69. The summed E-state index contributed by atoms with van der Waals surface area (Å²) in [5, 5.41) is 8.12. The minimum absolute atomic E-state index is 0. The molecule has 1 rings (SSSR count). The molecule has 2 nitrogen and oxygen atoms in total. The normalized spacial score (nSPS) is 7.60. The topological polar surface area (TPSA) is 28.1 Å². The molecule has 0 aliphatic heterocycles. The van der Waals surface area contributed by atoms with Crippen molar-refractivity contribution < 1.29 is 9.09 Å². The Morgan fingerprint density at radius 3 is 2.50 bits per heavy atom. The highest BCUT2D eigenvalue weighted by atomic mass is 19.1. The molecule has 52 valence electrons. The summed E-state index contributed by atoms with van der Waals surface area (Å²) in [4.78, 5) is 2.79. The predicted molar refractivity (Wildman–Crippen MR) is 31.1 cm³/mol. The first-order valence-electron chi connectivity index (χ1n) is 2.43. The van der Waals surface area contributed by atoms with E-state index in [1.165, 1.54) is 18.2 Å². The molecule has 4 heteroatoms. The lowest BCUT2D eigenvalue weighted by molar-refractivity contribution is -0.00000269. The molecule has 0 aliphatic carbocycles. The van der Waals surface area contributed by atoms with Gasteiger partial charge < -0.3 is 4.70 Å². The van der Waals surface area contributed by atoms with Gasteiger partial charge in [-0.05, 0) is 6.07 Å². The first kappa shape index (κ1) is 8.50. The zero-order valence-electron chi connectivity index (χ0n) is 4.96. The van der Waals surface area contributed by atoms with Crippen LogP contribution in [0.3, 0.4) is 0 Å². The van der Waals surface area contributed by atoms with Crippen molar-refractivity contribution in [3.63, 3.8) is 0 Å². The van der Waals surface area contributed by atoms with Gasteiger partial charge in [0.05, 0.1) is 6.07 Å². The van der Waals surface area contributed by atoms with Crippen LogP contribution < -0.4 is 4.70 Å². The Morgan fingerprint density at radius 2 is 2.10 bits per heavy atom. The Kier molecular flexibility index (Phi) is 2.98. The second-order valence-corrected chi connectivity index (χ2v) is 1.58. The van der Waals surface area contributed by atoms with Crippen LogP contribution in [0.1, 0.15) is 0 Å². The molecule has 0 radical (unpaired) electrons. The summed E-state index contributed by atoms with van der Waals surface area (Å²) in [6.07, 6.45) is 0. The van der Waals surface area contributed by atoms with Crippen LogP contribution in [0, 0.1) is 11.2 Å². The Balaban J connectivity index is 0.000000810. The Morgan fingerprint density at radius 1 is 1.40 bits per heavy atom. The molecule has 1 aromatic rings. The summed E-state index contributed by atoms with van der Waals surface area (Å²) in [6, 6.07) is 5.40. The highest BCUT2D eigenvalue weighted by Crippen LogP contribution is 2.11. The summed E-state index contributed by atoms with van der Waals surface area (Å²) in [7, 11) is 0. The van der Waals surface area contributed by atoms with Crippen molar-refractivity contribution in [3.8, 4) is 0 Å². The molecular formula is C6H4F2N2. The Hall–Kier alpha value is -1.50. The van der Waals surface area contributed by atoms with E-state index in [0.29, 0.717) is 0 Å². The zero-order valence-corrected chi connectivity index (χ0v) is 4.96. The van der Waals surface area contributed by atoms with Crippen LogP contribution in [-0.4, -0.2) is 0 Å². The fourth-order valence-electron chi connectivity index (χ4n) is 0.538. The van der Waals surface area contributed by atoms with E-state index < -0.39 is 5.82 Å². The number of nitrogens with zero attached hydrogens (tertiary/aromatic N) is 2. The van der Waals surface area contributed by atoms with E-state index in [0.717, 1.165) is 6.07 Å². The average Bonchev–Trinajstić information content (AvgIpc) is 1.88. The molecule has 10 heavy (non-hydrogen) atoms. The summed E-state index contributed by atoms with van der Waals surface area (Å²) in [5.41, 5.74) is 0.231. The van der Waals surface area contributed by atoms with Crippen LogP contribution in [0.2, 0.25) is 0 Å². The minimum atomic E-state index is -0.398. The molecule has 0 aliphatic rings. The van der Waals surface area contributed by atoms with Crippen LogP contribution in [0.15, 0.2) is 24.3 Å². The maximum Gasteiger partial charge on any atom is 0.387 e. The molecule has 0 spiro atoms.